The van der Waals surface area contributed by atoms with Gasteiger partial charge in [0, 0.05) is 11.4 Å². The number of carbonyl (C=O) groups excluding carboxylic acids is 1. The van der Waals surface area contributed by atoms with Crippen molar-refractivity contribution in [3.63, 3.8) is 0 Å². The normalized spacial score (nSPS) is 11.8. The number of hydrogen-bond acceptors (Lipinski definition) is 4. The predicted octanol–water partition coefficient (Wildman–Crippen LogP) is 0.783. The van der Waals surface area contributed by atoms with Gasteiger partial charge in [-0.15, -0.1) is 11.3 Å². The van der Waals surface area contributed by atoms with Crippen molar-refractivity contribution in [1.82, 2.24) is 16.0 Å². The highest BCUT2D eigenvalue weighted by Crippen LogP contribution is 2.18. The van der Waals surface area contributed by atoms with E-state index < -0.39 is 18.0 Å². The molecule has 0 spiro atoms. The Balaban J connectivity index is 2.42. The highest BCUT2D eigenvalue weighted by Gasteiger charge is 2.22. The second-order valence-electron chi connectivity index (χ2n) is 3.64. The molecule has 1 aromatic heterocycles. The Hall–Kier alpha value is -1.60. The average Bonchev–Trinajstić information content (AvgIpc) is 2.85. The SMILES string of the molecule is CNCCCNC(=O)NC(C(=O)O)c1cccs1. The molecule has 0 aromatic carbocycles. The number of carboxylic acids is 1. The van der Waals surface area contributed by atoms with Gasteiger partial charge in [-0.1, -0.05) is 6.07 Å². The second-order valence-corrected chi connectivity index (χ2v) is 4.62. The van der Waals surface area contributed by atoms with Crippen LogP contribution in [0.1, 0.15) is 17.3 Å². The van der Waals surface area contributed by atoms with Crippen LogP contribution in [0.15, 0.2) is 17.5 Å². The maximum absolute atomic E-state index is 11.5. The van der Waals surface area contributed by atoms with Crippen molar-refractivity contribution < 1.29 is 14.7 Å². The van der Waals surface area contributed by atoms with Crippen LogP contribution in [0.25, 0.3) is 0 Å². The predicted molar refractivity (Wildman–Crippen MR) is 69.8 cm³/mol. The van der Waals surface area contributed by atoms with Crippen LogP contribution in [0.2, 0.25) is 0 Å². The molecule has 1 unspecified atom stereocenters. The molecule has 0 aliphatic carbocycles. The minimum Gasteiger partial charge on any atom is -0.479 e. The van der Waals surface area contributed by atoms with E-state index in [9.17, 15) is 9.59 Å². The molecule has 2 amide bonds. The fourth-order valence-corrected chi connectivity index (χ4v) is 2.13. The zero-order valence-electron chi connectivity index (χ0n) is 10.1. The molecule has 0 fully saturated rings. The van der Waals surface area contributed by atoms with Crippen LogP contribution in [0.5, 0.6) is 0 Å². The van der Waals surface area contributed by atoms with Gasteiger partial charge in [0.05, 0.1) is 0 Å². The first-order valence-electron chi connectivity index (χ1n) is 5.60. The minimum atomic E-state index is -1.07. The van der Waals surface area contributed by atoms with Gasteiger partial charge in [-0.25, -0.2) is 9.59 Å². The van der Waals surface area contributed by atoms with E-state index in [1.165, 1.54) is 11.3 Å². The van der Waals surface area contributed by atoms with Gasteiger partial charge in [0.25, 0.3) is 0 Å². The number of carbonyl (C=O) groups is 2. The third-order valence-electron chi connectivity index (χ3n) is 2.24. The fraction of sp³-hybridized carbons (Fsp3) is 0.455. The topological polar surface area (TPSA) is 90.5 Å². The summed E-state index contributed by atoms with van der Waals surface area (Å²) in [5, 5.41) is 18.8. The van der Waals surface area contributed by atoms with Crippen molar-refractivity contribution >= 4 is 23.3 Å². The highest BCUT2D eigenvalue weighted by molar-refractivity contribution is 7.10. The summed E-state index contributed by atoms with van der Waals surface area (Å²) in [7, 11) is 1.83. The quantitative estimate of drug-likeness (QED) is 0.552. The van der Waals surface area contributed by atoms with E-state index in [4.69, 9.17) is 5.11 Å². The molecule has 0 aliphatic heterocycles. The minimum absolute atomic E-state index is 0.466. The number of aliphatic carboxylic acids is 1. The lowest BCUT2D eigenvalue weighted by Gasteiger charge is -2.13. The monoisotopic (exact) mass is 271 g/mol. The molecule has 1 atom stereocenters. The van der Waals surface area contributed by atoms with Crippen molar-refractivity contribution in [3.8, 4) is 0 Å². The van der Waals surface area contributed by atoms with E-state index in [2.05, 4.69) is 16.0 Å². The van der Waals surface area contributed by atoms with Crippen molar-refractivity contribution in [2.75, 3.05) is 20.1 Å². The molecule has 7 heteroatoms. The van der Waals surface area contributed by atoms with E-state index in [1.54, 1.807) is 17.5 Å². The Morgan fingerprint density at radius 3 is 2.78 bits per heavy atom. The van der Waals surface area contributed by atoms with Crippen LogP contribution < -0.4 is 16.0 Å². The lowest BCUT2D eigenvalue weighted by Crippen LogP contribution is -2.41. The van der Waals surface area contributed by atoms with Crippen LogP contribution in [-0.2, 0) is 4.79 Å². The van der Waals surface area contributed by atoms with Crippen LogP contribution >= 0.6 is 11.3 Å². The van der Waals surface area contributed by atoms with Crippen LogP contribution in [-0.4, -0.2) is 37.2 Å². The second kappa shape index (κ2) is 7.67. The Morgan fingerprint density at radius 2 is 2.22 bits per heavy atom. The summed E-state index contributed by atoms with van der Waals surface area (Å²) in [5.41, 5.74) is 0. The van der Waals surface area contributed by atoms with E-state index in [-0.39, 0.29) is 0 Å². The molecule has 1 aromatic rings. The summed E-state index contributed by atoms with van der Waals surface area (Å²) in [4.78, 5) is 23.2. The van der Waals surface area contributed by atoms with Gasteiger partial charge in [-0.3, -0.25) is 0 Å². The molecular formula is C11H17N3O3S. The van der Waals surface area contributed by atoms with Crippen molar-refractivity contribution in [2.24, 2.45) is 0 Å². The third kappa shape index (κ3) is 4.72. The van der Waals surface area contributed by atoms with Crippen molar-refractivity contribution in [1.29, 1.82) is 0 Å². The van der Waals surface area contributed by atoms with Crippen molar-refractivity contribution in [3.05, 3.63) is 22.4 Å². The summed E-state index contributed by atoms with van der Waals surface area (Å²) in [6, 6.07) is 1.98. The van der Waals surface area contributed by atoms with Gasteiger partial charge in [-0.2, -0.15) is 0 Å². The van der Waals surface area contributed by atoms with Gasteiger partial charge < -0.3 is 21.1 Å². The number of carboxylic acid groups (broad SMARTS) is 1. The Labute approximate surface area is 109 Å². The molecule has 6 nitrogen and oxygen atoms in total. The van der Waals surface area contributed by atoms with Gasteiger partial charge in [0.1, 0.15) is 0 Å². The van der Waals surface area contributed by atoms with Gasteiger partial charge in [0.15, 0.2) is 6.04 Å². The Morgan fingerprint density at radius 1 is 1.44 bits per heavy atom. The van der Waals surface area contributed by atoms with Gasteiger partial charge in [-0.05, 0) is 31.5 Å². The number of urea groups is 1. The number of amides is 2. The molecular weight excluding hydrogens is 254 g/mol. The van der Waals surface area contributed by atoms with Gasteiger partial charge >= 0.3 is 12.0 Å². The third-order valence-corrected chi connectivity index (χ3v) is 3.18. The molecule has 1 rings (SSSR count). The molecule has 1 heterocycles. The molecule has 0 saturated carbocycles. The van der Waals surface area contributed by atoms with Crippen LogP contribution in [0.4, 0.5) is 4.79 Å². The Kier molecular flexibility index (Phi) is 6.16. The van der Waals surface area contributed by atoms with E-state index in [0.717, 1.165) is 13.0 Å². The molecule has 4 N–H and O–H groups in total. The van der Waals surface area contributed by atoms with Gasteiger partial charge in [0.2, 0.25) is 0 Å². The Bertz CT molecular complexity index is 381. The first kappa shape index (κ1) is 14.5. The van der Waals surface area contributed by atoms with E-state index >= 15 is 0 Å². The highest BCUT2D eigenvalue weighted by atomic mass is 32.1. The molecule has 0 aliphatic rings. The largest absolute Gasteiger partial charge is 0.479 e. The maximum atomic E-state index is 11.5. The molecule has 18 heavy (non-hydrogen) atoms. The fourth-order valence-electron chi connectivity index (χ4n) is 1.36. The van der Waals surface area contributed by atoms with E-state index in [0.29, 0.717) is 11.4 Å². The van der Waals surface area contributed by atoms with Crippen LogP contribution in [0.3, 0.4) is 0 Å². The number of thiophene rings is 1. The summed E-state index contributed by atoms with van der Waals surface area (Å²) >= 11 is 1.30. The zero-order valence-corrected chi connectivity index (χ0v) is 10.9. The average molecular weight is 271 g/mol. The first-order valence-corrected chi connectivity index (χ1v) is 6.48. The smallest absolute Gasteiger partial charge is 0.331 e. The molecule has 0 bridgehead atoms. The van der Waals surface area contributed by atoms with E-state index in [1.807, 2.05) is 7.05 Å². The molecule has 100 valence electrons. The standard InChI is InChI=1S/C11H17N3O3S/c1-12-5-3-6-13-11(17)14-9(10(15)16)8-4-2-7-18-8/h2,4,7,9,12H,3,5-6H2,1H3,(H,15,16)(H2,13,14,17). The summed E-state index contributed by atoms with van der Waals surface area (Å²) in [5.74, 6) is -1.07. The number of rotatable bonds is 7. The van der Waals surface area contributed by atoms with Crippen LogP contribution in [0, 0.1) is 0 Å². The molecule has 0 radical (unpaired) electrons. The first-order chi connectivity index (χ1) is 8.65. The summed E-state index contributed by atoms with van der Waals surface area (Å²) in [6.45, 7) is 1.30. The number of hydrogen-bond donors (Lipinski definition) is 4. The maximum Gasteiger partial charge on any atom is 0.331 e. The van der Waals surface area contributed by atoms with Crippen molar-refractivity contribution in [2.45, 2.75) is 12.5 Å². The zero-order chi connectivity index (χ0) is 13.4. The number of nitrogens with one attached hydrogen (secondary N) is 3. The molecule has 0 saturated heterocycles. The summed E-state index contributed by atoms with van der Waals surface area (Å²) in [6.07, 6.45) is 0.792. The lowest BCUT2D eigenvalue weighted by molar-refractivity contribution is -0.139. The lowest BCUT2D eigenvalue weighted by atomic mass is 10.2. The summed E-state index contributed by atoms with van der Waals surface area (Å²) < 4.78 is 0.